The highest BCUT2D eigenvalue weighted by molar-refractivity contribution is 7.91. The van der Waals surface area contributed by atoms with Gasteiger partial charge in [-0.25, -0.2) is 17.2 Å². The third-order valence-electron chi connectivity index (χ3n) is 6.68. The van der Waals surface area contributed by atoms with Crippen molar-refractivity contribution in [3.05, 3.63) is 53.9 Å². The second-order valence-corrected chi connectivity index (χ2v) is 12.1. The summed E-state index contributed by atoms with van der Waals surface area (Å²) in [5.41, 5.74) is 6.44. The van der Waals surface area contributed by atoms with Crippen LogP contribution in [-0.4, -0.2) is 73.6 Å². The fourth-order valence-electron chi connectivity index (χ4n) is 4.99. The van der Waals surface area contributed by atoms with E-state index in [4.69, 9.17) is 10.2 Å². The van der Waals surface area contributed by atoms with Gasteiger partial charge in [0.1, 0.15) is 5.75 Å². The van der Waals surface area contributed by atoms with Crippen LogP contribution in [0.25, 0.3) is 11.5 Å². The van der Waals surface area contributed by atoms with E-state index >= 15 is 0 Å². The van der Waals surface area contributed by atoms with Crippen molar-refractivity contribution in [2.45, 2.75) is 42.1 Å². The van der Waals surface area contributed by atoms with Crippen molar-refractivity contribution >= 4 is 21.4 Å². The smallest absolute Gasteiger partial charge is 0.420 e. The van der Waals surface area contributed by atoms with Gasteiger partial charge in [0.05, 0.1) is 41.4 Å². The van der Waals surface area contributed by atoms with Crippen LogP contribution >= 0.6 is 0 Å². The number of nitrogens with two attached hydrogens (primary N) is 1. The van der Waals surface area contributed by atoms with E-state index in [1.54, 1.807) is 7.05 Å². The predicted molar refractivity (Wildman–Crippen MR) is 134 cm³/mol. The Morgan fingerprint density at radius 2 is 1.85 bits per heavy atom. The summed E-state index contributed by atoms with van der Waals surface area (Å²) in [5, 5.41) is 7.90. The molecule has 0 bridgehead atoms. The number of nitrogens with zero attached hydrogens (tertiary/aromatic N) is 4. The zero-order chi connectivity index (χ0) is 29.7. The van der Waals surface area contributed by atoms with E-state index in [1.165, 1.54) is 35.2 Å². The summed E-state index contributed by atoms with van der Waals surface area (Å²) in [6, 6.07) is 7.28. The van der Waals surface area contributed by atoms with Gasteiger partial charge in [-0.3, -0.25) is 9.69 Å². The summed E-state index contributed by atoms with van der Waals surface area (Å²) >= 11 is 0. The first kappa shape index (κ1) is 28.9. The average Bonchev–Trinajstić information content (AvgIpc) is 3.33. The molecule has 1 unspecified atom stereocenters. The van der Waals surface area contributed by atoms with E-state index in [1.807, 2.05) is 0 Å². The van der Waals surface area contributed by atoms with Crippen LogP contribution in [-0.2, 0) is 21.2 Å². The van der Waals surface area contributed by atoms with Crippen molar-refractivity contribution in [1.82, 2.24) is 15.1 Å². The molecule has 2 aliphatic heterocycles. The van der Waals surface area contributed by atoms with Crippen LogP contribution in [0.5, 0.6) is 5.75 Å². The largest absolute Gasteiger partial charge is 0.573 e. The van der Waals surface area contributed by atoms with Gasteiger partial charge in [-0.2, -0.15) is 0 Å². The monoisotopic (exact) mass is 601 g/mol. The minimum atomic E-state index is -4.89. The topological polar surface area (TPSA) is 132 Å². The lowest BCUT2D eigenvalue weighted by Gasteiger charge is -2.33. The Morgan fingerprint density at radius 1 is 1.15 bits per heavy atom. The Labute approximate surface area is 230 Å². The summed E-state index contributed by atoms with van der Waals surface area (Å²) in [6.07, 6.45) is -5.37. The predicted octanol–water partition coefficient (Wildman–Crippen LogP) is 3.34. The Balaban J connectivity index is 1.49. The Morgan fingerprint density at radius 3 is 2.51 bits per heavy atom. The zero-order valence-corrected chi connectivity index (χ0v) is 22.3. The van der Waals surface area contributed by atoms with E-state index in [0.29, 0.717) is 5.56 Å². The first-order valence-corrected chi connectivity index (χ1v) is 13.9. The van der Waals surface area contributed by atoms with Crippen molar-refractivity contribution in [2.75, 3.05) is 30.8 Å². The maximum Gasteiger partial charge on any atom is 0.573 e. The van der Waals surface area contributed by atoms with Crippen molar-refractivity contribution in [2.24, 2.45) is 5.73 Å². The van der Waals surface area contributed by atoms with E-state index < -0.39 is 64.5 Å². The van der Waals surface area contributed by atoms with Crippen LogP contribution in [0.4, 0.5) is 27.6 Å². The average molecular weight is 602 g/mol. The number of likely N-dealkylation sites (tertiary alicyclic amines) is 1. The fraction of sp³-hybridized carbons (Fsp3) is 0.400. The molecule has 1 saturated heterocycles. The number of piperidine rings is 1. The number of hydrogen-bond donors (Lipinski definition) is 1. The molecule has 3 aromatic rings. The molecule has 2 aliphatic rings. The molecule has 1 amide bonds. The molecule has 41 heavy (non-hydrogen) atoms. The molecular weight excluding hydrogens is 577 g/mol. The molecule has 3 heterocycles. The molecule has 0 aliphatic carbocycles. The van der Waals surface area contributed by atoms with E-state index in [2.05, 4.69) is 14.9 Å². The van der Waals surface area contributed by atoms with Crippen LogP contribution in [0.3, 0.4) is 0 Å². The number of rotatable bonds is 5. The van der Waals surface area contributed by atoms with E-state index in [-0.39, 0.29) is 41.0 Å². The lowest BCUT2D eigenvalue weighted by atomic mass is 9.95. The highest BCUT2D eigenvalue weighted by Gasteiger charge is 2.42. The SMILES string of the molecule is CN1CC(c2nnc(-c3ccc4c(c3)N(Cc3ccc(OC(F)(F)F)cc3)C(=O)[C@@H](N)CS4(=O)=O)o2)CC(F)(F)C1. The maximum atomic E-state index is 14.1. The molecule has 0 spiro atoms. The number of alkyl halides is 5. The van der Waals surface area contributed by atoms with Gasteiger partial charge in [-0.1, -0.05) is 12.1 Å². The van der Waals surface area contributed by atoms with Crippen molar-refractivity contribution in [1.29, 1.82) is 0 Å². The highest BCUT2D eigenvalue weighted by Crippen LogP contribution is 2.38. The molecular formula is C25H24F5N5O5S. The fourth-order valence-corrected chi connectivity index (χ4v) is 6.55. The summed E-state index contributed by atoms with van der Waals surface area (Å²) in [7, 11) is -2.48. The van der Waals surface area contributed by atoms with E-state index in [9.17, 15) is 35.2 Å². The minimum Gasteiger partial charge on any atom is -0.420 e. The van der Waals surface area contributed by atoms with Crippen LogP contribution in [0.1, 0.15) is 23.8 Å². The van der Waals surface area contributed by atoms with Crippen molar-refractivity contribution in [3.8, 4) is 17.2 Å². The zero-order valence-electron chi connectivity index (χ0n) is 21.4. The number of amides is 1. The number of anilines is 1. The molecule has 16 heteroatoms. The van der Waals surface area contributed by atoms with Gasteiger partial charge in [0.2, 0.25) is 17.7 Å². The first-order chi connectivity index (χ1) is 19.1. The minimum absolute atomic E-state index is 0.00934. The van der Waals surface area contributed by atoms with Crippen molar-refractivity contribution in [3.63, 3.8) is 0 Å². The van der Waals surface area contributed by atoms with Crippen LogP contribution < -0.4 is 15.4 Å². The van der Waals surface area contributed by atoms with Crippen LogP contribution in [0.15, 0.2) is 51.8 Å². The number of carbonyl (C=O) groups is 1. The molecule has 1 aromatic heterocycles. The van der Waals surface area contributed by atoms with Gasteiger partial charge in [0, 0.05) is 18.5 Å². The van der Waals surface area contributed by atoms with Crippen LogP contribution in [0.2, 0.25) is 0 Å². The summed E-state index contributed by atoms with van der Waals surface area (Å²) in [6.45, 7) is -0.357. The molecule has 2 N–H and O–H groups in total. The van der Waals surface area contributed by atoms with Gasteiger partial charge in [-0.15, -0.1) is 23.4 Å². The second kappa shape index (κ2) is 10.3. The molecule has 0 radical (unpaired) electrons. The van der Waals surface area contributed by atoms with Gasteiger partial charge in [0.15, 0.2) is 9.84 Å². The number of carbonyl (C=O) groups excluding carboxylic acids is 1. The Kier molecular flexibility index (Phi) is 7.28. The Bertz CT molecular complexity index is 1560. The first-order valence-electron chi connectivity index (χ1n) is 12.3. The number of benzene rings is 2. The summed E-state index contributed by atoms with van der Waals surface area (Å²) in [4.78, 5) is 15.6. The molecule has 2 aromatic carbocycles. The Hall–Kier alpha value is -3.63. The molecule has 1 fully saturated rings. The summed E-state index contributed by atoms with van der Waals surface area (Å²) in [5.74, 6) is -5.64. The summed E-state index contributed by atoms with van der Waals surface area (Å²) < 4.78 is 102. The lowest BCUT2D eigenvalue weighted by molar-refractivity contribution is -0.274. The number of aromatic nitrogens is 2. The van der Waals surface area contributed by atoms with Gasteiger partial charge >= 0.3 is 6.36 Å². The number of sulfone groups is 1. The second-order valence-electron chi connectivity index (χ2n) is 10.1. The normalized spacial score (nSPS) is 22.7. The number of halogens is 5. The quantitative estimate of drug-likeness (QED) is 0.438. The number of fused-ring (bicyclic) bond motifs is 1. The van der Waals surface area contributed by atoms with Gasteiger partial charge in [-0.05, 0) is 42.9 Å². The van der Waals surface area contributed by atoms with Gasteiger partial charge in [0.25, 0.3) is 5.92 Å². The van der Waals surface area contributed by atoms with Crippen LogP contribution in [0, 0.1) is 0 Å². The number of ether oxygens (including phenoxy) is 1. The molecule has 10 nitrogen and oxygen atoms in total. The highest BCUT2D eigenvalue weighted by atomic mass is 32.2. The van der Waals surface area contributed by atoms with Crippen molar-refractivity contribution < 1.29 is 44.3 Å². The molecule has 0 saturated carbocycles. The standard InChI is InChI=1S/C25H24F5N5O5S/c1-34-11-16(9-24(26,27)13-34)22-33-32-21(39-22)15-4-7-20-19(8-15)35(23(36)18(31)12-41(20,37)38)10-14-2-5-17(6-3-14)40-25(28,29)30/h2-8,16,18H,9-13,31H2,1H3/t16?,18-/m0/s1. The third-order valence-corrected chi connectivity index (χ3v) is 8.49. The molecule has 5 rings (SSSR count). The van der Waals surface area contributed by atoms with E-state index in [0.717, 1.165) is 17.0 Å². The maximum absolute atomic E-state index is 14.1. The number of hydrogen-bond acceptors (Lipinski definition) is 9. The molecule has 220 valence electrons. The lowest BCUT2D eigenvalue weighted by Crippen LogP contribution is -2.45. The molecule has 2 atom stereocenters. The van der Waals surface area contributed by atoms with Gasteiger partial charge < -0.3 is 19.8 Å². The number of likely N-dealkylation sites (N-methyl/N-ethyl adjacent to an activating group) is 1. The third kappa shape index (κ3) is 6.33.